The highest BCUT2D eigenvalue weighted by molar-refractivity contribution is 8.00. The molecule has 30 heavy (non-hydrogen) atoms. The van der Waals surface area contributed by atoms with Gasteiger partial charge in [-0.3, -0.25) is 4.57 Å². The Balaban J connectivity index is 1.42. The van der Waals surface area contributed by atoms with Gasteiger partial charge >= 0.3 is 11.5 Å². The monoisotopic (exact) mass is 437 g/mol. The minimum atomic E-state index is -4.35. The number of aromatic nitrogens is 4. The quantitative estimate of drug-likeness (QED) is 0.384. The van der Waals surface area contributed by atoms with E-state index in [2.05, 4.69) is 30.9 Å². The molecule has 0 bridgehead atoms. The molecule has 0 atom stereocenters. The van der Waals surface area contributed by atoms with Crippen LogP contribution in [-0.2, 0) is 0 Å². The van der Waals surface area contributed by atoms with E-state index in [9.17, 15) is 18.0 Å². The lowest BCUT2D eigenvalue weighted by Gasteiger charge is -2.10. The average molecular weight is 437 g/mol. The third-order valence-corrected chi connectivity index (χ3v) is 4.53. The summed E-state index contributed by atoms with van der Waals surface area (Å²) in [5.74, 6) is 2.05. The van der Waals surface area contributed by atoms with E-state index in [0.29, 0.717) is 30.4 Å². The molecule has 0 aliphatic heterocycles. The number of urea groups is 1. The van der Waals surface area contributed by atoms with Gasteiger partial charge in [-0.15, -0.1) is 0 Å². The molecule has 0 radical (unpaired) electrons. The molecule has 2 heterocycles. The average Bonchev–Trinajstić information content (AvgIpc) is 3.12. The second kappa shape index (κ2) is 9.48. The molecule has 3 N–H and O–H groups in total. The number of aryl methyl sites for hydroxylation is 1. The van der Waals surface area contributed by atoms with Crippen LogP contribution in [0.3, 0.4) is 0 Å². The molecule has 3 rings (SSSR count). The summed E-state index contributed by atoms with van der Waals surface area (Å²) in [7, 11) is 0. The number of hydrogen-bond acceptors (Lipinski definition) is 6. The van der Waals surface area contributed by atoms with Gasteiger partial charge in [0, 0.05) is 42.1 Å². The number of thioether (sulfide) groups is 1. The Labute approximate surface area is 174 Å². The molecule has 0 saturated carbocycles. The summed E-state index contributed by atoms with van der Waals surface area (Å²) < 4.78 is 38.8. The summed E-state index contributed by atoms with van der Waals surface area (Å²) in [5.41, 5.74) is -3.95. The lowest BCUT2D eigenvalue weighted by atomic mass is 10.3. The summed E-state index contributed by atoms with van der Waals surface area (Å²) in [5, 5.41) is 8.29. The fraction of sp³-hybridized carbons (Fsp3) is 0.222. The summed E-state index contributed by atoms with van der Waals surface area (Å²) in [6, 6.07) is 6.70. The minimum absolute atomic E-state index is 0.0489. The standard InChI is InChI=1S/C18H18F3N7OS/c1-12-22-8-9-28(12)16-10-15(25-11-26-16)23-6-7-24-17(29)27-13-2-4-14(5-3-13)30-18(19,20)21/h2-5,8-11H,6-7H2,1H3,(H,23,25,26)(H2,24,27,29). The molecule has 12 heteroatoms. The van der Waals surface area contributed by atoms with Crippen molar-refractivity contribution in [3.05, 3.63) is 54.9 Å². The molecular formula is C18H18F3N7OS. The third-order valence-electron chi connectivity index (χ3n) is 3.79. The summed E-state index contributed by atoms with van der Waals surface area (Å²) in [6.45, 7) is 2.58. The number of rotatable bonds is 7. The van der Waals surface area contributed by atoms with Gasteiger partial charge in [0.25, 0.3) is 0 Å². The van der Waals surface area contributed by atoms with E-state index in [0.717, 1.165) is 5.82 Å². The first-order valence-electron chi connectivity index (χ1n) is 8.77. The molecule has 2 amide bonds. The molecule has 0 fully saturated rings. The first-order valence-corrected chi connectivity index (χ1v) is 9.59. The number of nitrogens with one attached hydrogen (secondary N) is 3. The van der Waals surface area contributed by atoms with Crippen molar-refractivity contribution >= 4 is 29.3 Å². The minimum Gasteiger partial charge on any atom is -0.368 e. The topological polar surface area (TPSA) is 96.8 Å². The fourth-order valence-electron chi connectivity index (χ4n) is 2.48. The van der Waals surface area contributed by atoms with Crippen molar-refractivity contribution in [3.63, 3.8) is 0 Å². The number of alkyl halides is 3. The molecule has 2 aromatic heterocycles. The number of carbonyl (C=O) groups is 1. The number of nitrogens with zero attached hydrogens (tertiary/aromatic N) is 4. The molecule has 8 nitrogen and oxygen atoms in total. The summed E-state index contributed by atoms with van der Waals surface area (Å²) >= 11 is -0.208. The van der Waals surface area contributed by atoms with Gasteiger partial charge < -0.3 is 16.0 Å². The molecule has 0 spiro atoms. The molecule has 3 aromatic rings. The number of hydrogen-bond donors (Lipinski definition) is 3. The lowest BCUT2D eigenvalue weighted by molar-refractivity contribution is -0.0328. The first kappa shape index (κ1) is 21.4. The van der Waals surface area contributed by atoms with Gasteiger partial charge in [-0.2, -0.15) is 13.2 Å². The molecule has 0 aliphatic carbocycles. The van der Waals surface area contributed by atoms with Gasteiger partial charge in [0.15, 0.2) is 0 Å². The fourth-order valence-corrected chi connectivity index (χ4v) is 3.02. The van der Waals surface area contributed by atoms with Gasteiger partial charge in [-0.05, 0) is 43.0 Å². The Kier molecular flexibility index (Phi) is 6.77. The van der Waals surface area contributed by atoms with Gasteiger partial charge in [0.1, 0.15) is 23.8 Å². The number of halogens is 3. The highest BCUT2D eigenvalue weighted by Crippen LogP contribution is 2.37. The number of carbonyl (C=O) groups excluding carboxylic acids is 1. The van der Waals surface area contributed by atoms with Crippen molar-refractivity contribution < 1.29 is 18.0 Å². The van der Waals surface area contributed by atoms with Crippen LogP contribution >= 0.6 is 11.8 Å². The Bertz CT molecular complexity index is 992. The molecule has 0 aliphatic rings. The first-order chi connectivity index (χ1) is 14.3. The van der Waals surface area contributed by atoms with E-state index in [-0.39, 0.29) is 16.7 Å². The van der Waals surface area contributed by atoms with Gasteiger partial charge in [-0.25, -0.2) is 19.7 Å². The maximum atomic E-state index is 12.3. The largest absolute Gasteiger partial charge is 0.446 e. The van der Waals surface area contributed by atoms with Crippen molar-refractivity contribution in [3.8, 4) is 5.82 Å². The highest BCUT2D eigenvalue weighted by atomic mass is 32.2. The van der Waals surface area contributed by atoms with Crippen molar-refractivity contribution in [2.45, 2.75) is 17.3 Å². The van der Waals surface area contributed by atoms with E-state index >= 15 is 0 Å². The predicted molar refractivity (Wildman–Crippen MR) is 108 cm³/mol. The van der Waals surface area contributed by atoms with Crippen LogP contribution in [0.4, 0.5) is 29.5 Å². The maximum Gasteiger partial charge on any atom is 0.446 e. The number of anilines is 2. The maximum absolute atomic E-state index is 12.3. The van der Waals surface area contributed by atoms with Crippen LogP contribution in [0, 0.1) is 6.92 Å². The second-order valence-electron chi connectivity index (χ2n) is 5.99. The Morgan fingerprint density at radius 2 is 1.90 bits per heavy atom. The molecule has 158 valence electrons. The second-order valence-corrected chi connectivity index (χ2v) is 7.12. The SMILES string of the molecule is Cc1nccn1-c1cc(NCCNC(=O)Nc2ccc(SC(F)(F)F)cc2)ncn1. The molecular weight excluding hydrogens is 419 g/mol. The molecule has 0 saturated heterocycles. The third kappa shape index (κ3) is 6.37. The van der Waals surface area contributed by atoms with Crippen LogP contribution in [0.5, 0.6) is 0 Å². The molecule has 0 unspecified atom stereocenters. The van der Waals surface area contributed by atoms with E-state index in [1.165, 1.54) is 30.6 Å². The smallest absolute Gasteiger partial charge is 0.368 e. The lowest BCUT2D eigenvalue weighted by Crippen LogP contribution is -2.32. The Hall–Kier alpha value is -3.28. The zero-order chi connectivity index (χ0) is 21.6. The van der Waals surface area contributed by atoms with E-state index in [1.807, 2.05) is 11.5 Å². The van der Waals surface area contributed by atoms with Crippen LogP contribution in [-0.4, -0.2) is 44.1 Å². The van der Waals surface area contributed by atoms with Gasteiger partial charge in [-0.1, -0.05) is 0 Å². The zero-order valence-electron chi connectivity index (χ0n) is 15.8. The molecule has 1 aromatic carbocycles. The van der Waals surface area contributed by atoms with Gasteiger partial charge in [0.05, 0.1) is 0 Å². The van der Waals surface area contributed by atoms with Gasteiger partial charge in [0.2, 0.25) is 0 Å². The van der Waals surface area contributed by atoms with E-state index < -0.39 is 11.5 Å². The van der Waals surface area contributed by atoms with Crippen LogP contribution in [0.1, 0.15) is 5.82 Å². The van der Waals surface area contributed by atoms with E-state index in [1.54, 1.807) is 18.5 Å². The van der Waals surface area contributed by atoms with E-state index in [4.69, 9.17) is 0 Å². The van der Waals surface area contributed by atoms with Crippen LogP contribution < -0.4 is 16.0 Å². The van der Waals surface area contributed by atoms with Crippen molar-refractivity contribution in [1.29, 1.82) is 0 Å². The summed E-state index contributed by atoms with van der Waals surface area (Å²) in [6.07, 6.45) is 4.90. The van der Waals surface area contributed by atoms with Crippen molar-refractivity contribution in [2.75, 3.05) is 23.7 Å². The number of imidazole rings is 1. The van der Waals surface area contributed by atoms with Crippen LogP contribution in [0.2, 0.25) is 0 Å². The van der Waals surface area contributed by atoms with Crippen LogP contribution in [0.15, 0.2) is 53.9 Å². The van der Waals surface area contributed by atoms with Crippen molar-refractivity contribution in [1.82, 2.24) is 24.8 Å². The number of benzene rings is 1. The normalized spacial score (nSPS) is 11.2. The highest BCUT2D eigenvalue weighted by Gasteiger charge is 2.29. The predicted octanol–water partition coefficient (Wildman–Crippen LogP) is 3.82. The Morgan fingerprint density at radius 3 is 2.57 bits per heavy atom. The zero-order valence-corrected chi connectivity index (χ0v) is 16.6. The number of amides is 2. The van der Waals surface area contributed by atoms with Crippen LogP contribution in [0.25, 0.3) is 5.82 Å². The van der Waals surface area contributed by atoms with Crippen molar-refractivity contribution in [2.24, 2.45) is 0 Å². The Morgan fingerprint density at radius 1 is 1.13 bits per heavy atom. The summed E-state index contributed by atoms with van der Waals surface area (Å²) in [4.78, 5) is 24.4.